The number of nitrogens with one attached hydrogen (secondary N) is 1. The Labute approximate surface area is 106 Å². The monoisotopic (exact) mass is 246 g/mol. The number of benzene rings is 1. The molecule has 0 saturated carbocycles. The van der Waals surface area contributed by atoms with Gasteiger partial charge in [0, 0.05) is 41.3 Å². The summed E-state index contributed by atoms with van der Waals surface area (Å²) >= 11 is 6.00. The summed E-state index contributed by atoms with van der Waals surface area (Å²) in [6, 6.07) is 8.71. The van der Waals surface area contributed by atoms with Gasteiger partial charge in [-0.1, -0.05) is 17.7 Å². The smallest absolute Gasteiger partial charge is 0.0526 e. The van der Waals surface area contributed by atoms with Crippen LogP contribution in [0.2, 0.25) is 5.02 Å². The average Bonchev–Trinajstić information content (AvgIpc) is 2.71. The Kier molecular flexibility index (Phi) is 2.69. The first-order chi connectivity index (χ1) is 8.24. The predicted octanol–water partition coefficient (Wildman–Crippen LogP) is 3.52. The highest BCUT2D eigenvalue weighted by Gasteiger charge is 2.13. The molecule has 3 heteroatoms. The van der Waals surface area contributed by atoms with E-state index in [4.69, 9.17) is 11.6 Å². The molecule has 0 fully saturated rings. The maximum atomic E-state index is 6.00. The lowest BCUT2D eigenvalue weighted by atomic mass is 10.1. The first-order valence-electron chi connectivity index (χ1n) is 5.93. The fourth-order valence-corrected chi connectivity index (χ4v) is 2.59. The lowest BCUT2D eigenvalue weighted by Gasteiger charge is -2.22. The largest absolute Gasteiger partial charge is 0.321 e. The zero-order chi connectivity index (χ0) is 11.8. The maximum absolute atomic E-state index is 6.00. The Balaban J connectivity index is 2.09. The van der Waals surface area contributed by atoms with Gasteiger partial charge in [0.1, 0.15) is 0 Å². The van der Waals surface area contributed by atoms with Crippen molar-refractivity contribution in [1.82, 2.24) is 9.88 Å². The number of fused-ring (bicyclic) bond motifs is 1. The summed E-state index contributed by atoms with van der Waals surface area (Å²) < 4.78 is 2.27. The summed E-state index contributed by atoms with van der Waals surface area (Å²) in [5.74, 6) is 0. The van der Waals surface area contributed by atoms with E-state index in [9.17, 15) is 0 Å². The standard InChI is InChI=1S/C14H15ClN2/c1-10-8-13(4-6-16-10)17-7-5-11-9-12(15)2-3-14(11)17/h2-5,7,9-10,16H,6,8H2,1H3. The van der Waals surface area contributed by atoms with E-state index in [0.717, 1.165) is 18.0 Å². The van der Waals surface area contributed by atoms with E-state index >= 15 is 0 Å². The first-order valence-corrected chi connectivity index (χ1v) is 6.31. The van der Waals surface area contributed by atoms with Gasteiger partial charge in [0.05, 0.1) is 5.52 Å². The van der Waals surface area contributed by atoms with Crippen LogP contribution in [0.15, 0.2) is 36.5 Å². The molecule has 1 unspecified atom stereocenters. The van der Waals surface area contributed by atoms with E-state index < -0.39 is 0 Å². The van der Waals surface area contributed by atoms with Crippen molar-refractivity contribution in [2.24, 2.45) is 0 Å². The molecule has 1 N–H and O–H groups in total. The Hall–Kier alpha value is -1.25. The Morgan fingerprint density at radius 1 is 1.35 bits per heavy atom. The molecular weight excluding hydrogens is 232 g/mol. The second-order valence-electron chi connectivity index (χ2n) is 4.60. The van der Waals surface area contributed by atoms with Crippen LogP contribution in [0.3, 0.4) is 0 Å². The second kappa shape index (κ2) is 4.21. The molecule has 0 spiro atoms. The van der Waals surface area contributed by atoms with Crippen LogP contribution in [-0.2, 0) is 0 Å². The minimum absolute atomic E-state index is 0.541. The number of hydrogen-bond acceptors (Lipinski definition) is 1. The topological polar surface area (TPSA) is 17.0 Å². The fraction of sp³-hybridized carbons (Fsp3) is 0.286. The molecule has 1 aromatic carbocycles. The number of nitrogens with zero attached hydrogens (tertiary/aromatic N) is 1. The van der Waals surface area contributed by atoms with Crippen LogP contribution >= 0.6 is 11.6 Å². The highest BCUT2D eigenvalue weighted by Crippen LogP contribution is 2.25. The van der Waals surface area contributed by atoms with Crippen molar-refractivity contribution in [3.63, 3.8) is 0 Å². The molecule has 1 aliphatic heterocycles. The molecule has 0 radical (unpaired) electrons. The van der Waals surface area contributed by atoms with Gasteiger partial charge in [-0.05, 0) is 31.2 Å². The van der Waals surface area contributed by atoms with Crippen LogP contribution in [0, 0.1) is 0 Å². The first kappa shape index (κ1) is 10.9. The van der Waals surface area contributed by atoms with Crippen LogP contribution in [0.4, 0.5) is 0 Å². The lowest BCUT2D eigenvalue weighted by Crippen LogP contribution is -2.30. The Bertz CT molecular complexity index is 583. The van der Waals surface area contributed by atoms with Crippen molar-refractivity contribution in [3.05, 3.63) is 41.6 Å². The molecule has 0 saturated heterocycles. The minimum Gasteiger partial charge on any atom is -0.321 e. The highest BCUT2D eigenvalue weighted by molar-refractivity contribution is 6.31. The second-order valence-corrected chi connectivity index (χ2v) is 5.03. The molecule has 2 heterocycles. The van der Waals surface area contributed by atoms with E-state index in [1.807, 2.05) is 12.1 Å². The number of halogens is 1. The summed E-state index contributed by atoms with van der Waals surface area (Å²) in [5, 5.41) is 5.41. The van der Waals surface area contributed by atoms with E-state index in [2.05, 4.69) is 41.2 Å². The minimum atomic E-state index is 0.541. The number of rotatable bonds is 1. The van der Waals surface area contributed by atoms with E-state index in [1.165, 1.54) is 16.6 Å². The Morgan fingerprint density at radius 3 is 3.06 bits per heavy atom. The third-order valence-corrected chi connectivity index (χ3v) is 3.52. The third kappa shape index (κ3) is 1.99. The highest BCUT2D eigenvalue weighted by atomic mass is 35.5. The quantitative estimate of drug-likeness (QED) is 0.815. The van der Waals surface area contributed by atoms with Gasteiger partial charge in [-0.2, -0.15) is 0 Å². The lowest BCUT2D eigenvalue weighted by molar-refractivity contribution is 0.569. The van der Waals surface area contributed by atoms with Crippen molar-refractivity contribution in [2.75, 3.05) is 6.54 Å². The van der Waals surface area contributed by atoms with Crippen LogP contribution in [0.5, 0.6) is 0 Å². The molecule has 1 aliphatic rings. The van der Waals surface area contributed by atoms with Crippen LogP contribution in [0.25, 0.3) is 16.6 Å². The molecule has 0 bridgehead atoms. The fourth-order valence-electron chi connectivity index (χ4n) is 2.41. The normalized spacial score (nSPS) is 20.6. The summed E-state index contributed by atoms with van der Waals surface area (Å²) in [7, 11) is 0. The maximum Gasteiger partial charge on any atom is 0.0526 e. The van der Waals surface area contributed by atoms with Crippen molar-refractivity contribution >= 4 is 28.2 Å². The van der Waals surface area contributed by atoms with Gasteiger partial charge in [-0.15, -0.1) is 0 Å². The molecule has 2 aromatic rings. The molecule has 88 valence electrons. The summed E-state index contributed by atoms with van der Waals surface area (Å²) in [5.41, 5.74) is 2.60. The molecule has 0 aliphatic carbocycles. The average molecular weight is 247 g/mol. The molecule has 1 aromatic heterocycles. The van der Waals surface area contributed by atoms with Crippen molar-refractivity contribution in [2.45, 2.75) is 19.4 Å². The third-order valence-electron chi connectivity index (χ3n) is 3.28. The van der Waals surface area contributed by atoms with Gasteiger partial charge in [-0.3, -0.25) is 0 Å². The zero-order valence-electron chi connectivity index (χ0n) is 9.78. The van der Waals surface area contributed by atoms with Crippen molar-refractivity contribution in [3.8, 4) is 0 Å². The van der Waals surface area contributed by atoms with E-state index in [0.29, 0.717) is 6.04 Å². The van der Waals surface area contributed by atoms with Crippen molar-refractivity contribution in [1.29, 1.82) is 0 Å². The molecule has 2 nitrogen and oxygen atoms in total. The SMILES string of the molecule is CC1CC(n2ccc3cc(Cl)ccc32)=CCN1. The molecule has 0 amide bonds. The van der Waals surface area contributed by atoms with Gasteiger partial charge in [-0.25, -0.2) is 0 Å². The number of hydrogen-bond donors (Lipinski definition) is 1. The predicted molar refractivity (Wildman–Crippen MR) is 73.3 cm³/mol. The molecular formula is C14H15ClN2. The van der Waals surface area contributed by atoms with Gasteiger partial charge >= 0.3 is 0 Å². The molecule has 3 rings (SSSR count). The van der Waals surface area contributed by atoms with Crippen LogP contribution in [0.1, 0.15) is 13.3 Å². The zero-order valence-corrected chi connectivity index (χ0v) is 10.5. The van der Waals surface area contributed by atoms with Crippen molar-refractivity contribution < 1.29 is 0 Å². The van der Waals surface area contributed by atoms with Crippen LogP contribution < -0.4 is 5.32 Å². The van der Waals surface area contributed by atoms with E-state index in [1.54, 1.807) is 0 Å². The van der Waals surface area contributed by atoms with Crippen LogP contribution in [-0.4, -0.2) is 17.2 Å². The van der Waals surface area contributed by atoms with E-state index in [-0.39, 0.29) is 0 Å². The summed E-state index contributed by atoms with van der Waals surface area (Å²) in [6.45, 7) is 3.17. The Morgan fingerprint density at radius 2 is 2.24 bits per heavy atom. The van der Waals surface area contributed by atoms with Gasteiger partial charge in [0.15, 0.2) is 0 Å². The summed E-state index contributed by atoms with van der Waals surface area (Å²) in [4.78, 5) is 0. The summed E-state index contributed by atoms with van der Waals surface area (Å²) in [6.07, 6.45) is 5.45. The molecule has 17 heavy (non-hydrogen) atoms. The van der Waals surface area contributed by atoms with Gasteiger partial charge in [0.2, 0.25) is 0 Å². The van der Waals surface area contributed by atoms with Gasteiger partial charge < -0.3 is 9.88 Å². The van der Waals surface area contributed by atoms with Gasteiger partial charge in [0.25, 0.3) is 0 Å². The molecule has 1 atom stereocenters. The number of aromatic nitrogens is 1.